The van der Waals surface area contributed by atoms with Crippen molar-refractivity contribution < 1.29 is 19.1 Å². The van der Waals surface area contributed by atoms with Gasteiger partial charge in [-0.05, 0) is 16.8 Å². The lowest BCUT2D eigenvalue weighted by atomic mass is 10.0. The average Bonchev–Trinajstić information content (AvgIpc) is 2.45. The van der Waals surface area contributed by atoms with Crippen molar-refractivity contribution in [3.05, 3.63) is 48.0 Å². The van der Waals surface area contributed by atoms with E-state index in [1.165, 1.54) is 0 Å². The van der Waals surface area contributed by atoms with E-state index in [1.54, 1.807) is 12.1 Å². The first kappa shape index (κ1) is 13.0. The lowest BCUT2D eigenvalue weighted by Gasteiger charge is -2.02. The second kappa shape index (κ2) is 5.44. The van der Waals surface area contributed by atoms with Gasteiger partial charge in [0.1, 0.15) is 0 Å². The van der Waals surface area contributed by atoms with Crippen molar-refractivity contribution >= 4 is 28.3 Å². The number of carbonyl (C=O) groups is 3. The molecule has 0 atom stereocenters. The number of ether oxygens (including phenoxy) is 1. The van der Waals surface area contributed by atoms with E-state index >= 15 is 0 Å². The van der Waals surface area contributed by atoms with Crippen LogP contribution in [0.15, 0.2) is 42.5 Å². The molecule has 0 bridgehead atoms. The fourth-order valence-corrected chi connectivity index (χ4v) is 1.80. The predicted octanol–water partition coefficient (Wildman–Crippen LogP) is 2.15. The number of esters is 1. The molecule has 96 valence electrons. The maximum Gasteiger partial charge on any atom is 0.374 e. The number of fused-ring (bicyclic) bond motifs is 1. The van der Waals surface area contributed by atoms with Gasteiger partial charge in [0.2, 0.25) is 5.78 Å². The summed E-state index contributed by atoms with van der Waals surface area (Å²) in [6, 6.07) is 12.8. The number of methoxy groups -OCH3 is 1. The zero-order valence-corrected chi connectivity index (χ0v) is 10.4. The van der Waals surface area contributed by atoms with Gasteiger partial charge in [0, 0.05) is 5.56 Å². The van der Waals surface area contributed by atoms with Crippen LogP contribution < -0.4 is 0 Å². The van der Waals surface area contributed by atoms with Crippen molar-refractivity contribution in [2.45, 2.75) is 6.42 Å². The number of ketones is 2. The van der Waals surface area contributed by atoms with Crippen LogP contribution in [0.25, 0.3) is 10.8 Å². The topological polar surface area (TPSA) is 60.4 Å². The molecule has 2 aromatic carbocycles. The van der Waals surface area contributed by atoms with Crippen LogP contribution in [-0.4, -0.2) is 24.6 Å². The van der Waals surface area contributed by atoms with Gasteiger partial charge in [0.25, 0.3) is 0 Å². The third-order valence-electron chi connectivity index (χ3n) is 2.81. The van der Waals surface area contributed by atoms with Crippen LogP contribution in [0.5, 0.6) is 0 Å². The van der Waals surface area contributed by atoms with E-state index in [-0.39, 0.29) is 5.78 Å². The molecule has 0 radical (unpaired) electrons. The van der Waals surface area contributed by atoms with Crippen molar-refractivity contribution in [3.8, 4) is 0 Å². The van der Waals surface area contributed by atoms with Gasteiger partial charge in [-0.1, -0.05) is 36.4 Å². The number of carbonyl (C=O) groups excluding carboxylic acids is 3. The maximum absolute atomic E-state index is 11.9. The lowest BCUT2D eigenvalue weighted by molar-refractivity contribution is -0.151. The summed E-state index contributed by atoms with van der Waals surface area (Å²) in [4.78, 5) is 34.2. The molecule has 0 unspecified atom stereocenters. The van der Waals surface area contributed by atoms with Gasteiger partial charge in [0.15, 0.2) is 5.78 Å². The third-order valence-corrected chi connectivity index (χ3v) is 2.81. The van der Waals surface area contributed by atoms with Gasteiger partial charge in [-0.2, -0.15) is 0 Å². The van der Waals surface area contributed by atoms with Crippen molar-refractivity contribution in [3.63, 3.8) is 0 Å². The molecular formula is C15H12O4. The van der Waals surface area contributed by atoms with E-state index in [0.717, 1.165) is 17.9 Å². The van der Waals surface area contributed by atoms with Gasteiger partial charge >= 0.3 is 5.97 Å². The monoisotopic (exact) mass is 256 g/mol. The molecule has 0 aliphatic carbocycles. The molecule has 2 aromatic rings. The summed E-state index contributed by atoms with van der Waals surface area (Å²) >= 11 is 0. The third kappa shape index (κ3) is 2.85. The Morgan fingerprint density at radius 1 is 1.00 bits per heavy atom. The van der Waals surface area contributed by atoms with Crippen LogP contribution in [0, 0.1) is 0 Å². The second-order valence-electron chi connectivity index (χ2n) is 4.08. The number of hydrogen-bond acceptors (Lipinski definition) is 4. The Morgan fingerprint density at radius 2 is 1.68 bits per heavy atom. The van der Waals surface area contributed by atoms with E-state index in [2.05, 4.69) is 4.74 Å². The smallest absolute Gasteiger partial charge is 0.374 e. The minimum absolute atomic E-state index is 0.388. The Morgan fingerprint density at radius 3 is 2.37 bits per heavy atom. The maximum atomic E-state index is 11.9. The zero-order valence-electron chi connectivity index (χ0n) is 10.4. The van der Waals surface area contributed by atoms with E-state index in [4.69, 9.17) is 0 Å². The molecule has 0 fully saturated rings. The SMILES string of the molecule is COC(=O)C(=O)CC(=O)c1ccc2ccccc2c1. The molecule has 0 heterocycles. The van der Waals surface area contributed by atoms with Crippen molar-refractivity contribution in [2.24, 2.45) is 0 Å². The quantitative estimate of drug-likeness (QED) is 0.364. The highest BCUT2D eigenvalue weighted by Crippen LogP contribution is 2.16. The molecule has 2 rings (SSSR count). The number of rotatable bonds is 4. The van der Waals surface area contributed by atoms with Crippen LogP contribution in [0.4, 0.5) is 0 Å². The number of Topliss-reactive ketones (excluding diaryl/α,β-unsaturated/α-hetero) is 2. The molecule has 0 aliphatic heterocycles. The molecule has 4 nitrogen and oxygen atoms in total. The van der Waals surface area contributed by atoms with Crippen LogP contribution in [0.3, 0.4) is 0 Å². The Labute approximate surface area is 110 Å². The lowest BCUT2D eigenvalue weighted by Crippen LogP contribution is -2.19. The fourth-order valence-electron chi connectivity index (χ4n) is 1.80. The largest absolute Gasteiger partial charge is 0.463 e. The first-order valence-corrected chi connectivity index (χ1v) is 5.75. The Balaban J connectivity index is 2.22. The Bertz CT molecular complexity index is 658. The van der Waals surface area contributed by atoms with Gasteiger partial charge in [0.05, 0.1) is 13.5 Å². The van der Waals surface area contributed by atoms with Crippen molar-refractivity contribution in [1.29, 1.82) is 0 Å². The van der Waals surface area contributed by atoms with E-state index in [0.29, 0.717) is 5.56 Å². The Hall–Kier alpha value is -2.49. The first-order valence-electron chi connectivity index (χ1n) is 5.75. The van der Waals surface area contributed by atoms with E-state index in [9.17, 15) is 14.4 Å². The van der Waals surface area contributed by atoms with Crippen LogP contribution in [-0.2, 0) is 14.3 Å². The molecule has 4 heteroatoms. The molecule has 19 heavy (non-hydrogen) atoms. The zero-order chi connectivity index (χ0) is 13.8. The summed E-state index contributed by atoms with van der Waals surface area (Å²) in [5, 5.41) is 1.93. The van der Waals surface area contributed by atoms with Gasteiger partial charge in [-0.15, -0.1) is 0 Å². The highest BCUT2D eigenvalue weighted by atomic mass is 16.5. The molecule has 0 saturated heterocycles. The molecular weight excluding hydrogens is 244 g/mol. The van der Waals surface area contributed by atoms with Gasteiger partial charge < -0.3 is 4.74 Å². The predicted molar refractivity (Wildman–Crippen MR) is 69.9 cm³/mol. The molecule has 0 saturated carbocycles. The van der Waals surface area contributed by atoms with Crippen LogP contribution >= 0.6 is 0 Å². The molecule has 0 N–H and O–H groups in total. The normalized spacial score (nSPS) is 10.2. The summed E-state index contributed by atoms with van der Waals surface area (Å²) in [7, 11) is 1.11. The van der Waals surface area contributed by atoms with Crippen molar-refractivity contribution in [2.75, 3.05) is 7.11 Å². The summed E-state index contributed by atoms with van der Waals surface area (Å²) < 4.78 is 4.28. The van der Waals surface area contributed by atoms with Crippen LogP contribution in [0.1, 0.15) is 16.8 Å². The molecule has 0 aromatic heterocycles. The van der Waals surface area contributed by atoms with Gasteiger partial charge in [-0.3, -0.25) is 9.59 Å². The number of hydrogen-bond donors (Lipinski definition) is 0. The molecule has 0 aliphatic rings. The van der Waals surface area contributed by atoms with Crippen LogP contribution in [0.2, 0.25) is 0 Å². The summed E-state index contributed by atoms with van der Waals surface area (Å²) in [6.07, 6.45) is -0.467. The minimum Gasteiger partial charge on any atom is -0.463 e. The molecule has 0 spiro atoms. The number of benzene rings is 2. The fraction of sp³-hybridized carbons (Fsp3) is 0.133. The Kier molecular flexibility index (Phi) is 3.71. The van der Waals surface area contributed by atoms with E-state index in [1.807, 2.05) is 30.3 Å². The first-order chi connectivity index (χ1) is 9.11. The summed E-state index contributed by atoms with van der Waals surface area (Å²) in [5.41, 5.74) is 0.413. The van der Waals surface area contributed by atoms with E-state index < -0.39 is 18.2 Å². The molecule has 0 amide bonds. The highest BCUT2D eigenvalue weighted by Gasteiger charge is 2.19. The summed E-state index contributed by atoms with van der Waals surface area (Å²) in [5.74, 6) is -2.21. The average molecular weight is 256 g/mol. The van der Waals surface area contributed by atoms with Gasteiger partial charge in [-0.25, -0.2) is 4.79 Å². The minimum atomic E-state index is -0.992. The second-order valence-corrected chi connectivity index (χ2v) is 4.08. The standard InChI is InChI=1S/C15H12O4/c1-19-15(18)14(17)9-13(16)12-7-6-10-4-2-3-5-11(10)8-12/h2-8H,9H2,1H3. The summed E-state index contributed by atoms with van der Waals surface area (Å²) in [6.45, 7) is 0. The van der Waals surface area contributed by atoms with Crippen molar-refractivity contribution in [1.82, 2.24) is 0 Å². The highest BCUT2D eigenvalue weighted by molar-refractivity contribution is 6.38.